The molecule has 1 saturated heterocycles. The minimum atomic E-state index is -1.04. The zero-order chi connectivity index (χ0) is 25.3. The van der Waals surface area contributed by atoms with Crippen LogP contribution >= 0.6 is 34.8 Å². The molecule has 2 N–H and O–H groups in total. The fraction of sp³-hybridized carbons (Fsp3) is 0.154. The van der Waals surface area contributed by atoms with Gasteiger partial charge < -0.3 is 19.1 Å². The Kier molecular flexibility index (Phi) is 6.92. The minimum Gasteiger partial charge on any atom is -0.506 e. The Labute approximate surface area is 221 Å². The van der Waals surface area contributed by atoms with Gasteiger partial charge in [0.1, 0.15) is 5.75 Å². The first-order valence-corrected chi connectivity index (χ1v) is 12.1. The number of carbonyl (C=O) groups is 1. The van der Waals surface area contributed by atoms with Gasteiger partial charge in [0.2, 0.25) is 5.79 Å². The molecule has 36 heavy (non-hydrogen) atoms. The molecule has 1 aliphatic heterocycles. The lowest BCUT2D eigenvalue weighted by Crippen LogP contribution is -2.33. The van der Waals surface area contributed by atoms with E-state index in [1.165, 1.54) is 18.2 Å². The Hall–Kier alpha value is -3.07. The van der Waals surface area contributed by atoms with Crippen LogP contribution < -0.4 is 5.43 Å². The highest BCUT2D eigenvalue weighted by atomic mass is 35.5. The maximum absolute atomic E-state index is 12.4. The van der Waals surface area contributed by atoms with E-state index in [0.717, 1.165) is 16.5 Å². The molecule has 0 atom stereocenters. The molecule has 0 radical (unpaired) electrons. The molecule has 0 spiro atoms. The molecule has 1 aromatic heterocycles. The maximum atomic E-state index is 12.4. The number of nitrogens with zero attached hydrogens (tertiary/aromatic N) is 2. The van der Waals surface area contributed by atoms with Crippen molar-refractivity contribution in [2.45, 2.75) is 12.3 Å². The lowest BCUT2D eigenvalue weighted by atomic mass is 10.1. The van der Waals surface area contributed by atoms with Gasteiger partial charge in [-0.1, -0.05) is 53.0 Å². The summed E-state index contributed by atoms with van der Waals surface area (Å²) < 4.78 is 14.2. The van der Waals surface area contributed by atoms with Crippen molar-refractivity contribution in [2.24, 2.45) is 5.10 Å². The van der Waals surface area contributed by atoms with Crippen LogP contribution in [0.4, 0.5) is 0 Å². The molecule has 3 aromatic carbocycles. The second-order valence-corrected chi connectivity index (χ2v) is 9.41. The maximum Gasteiger partial charge on any atom is 0.271 e. The summed E-state index contributed by atoms with van der Waals surface area (Å²) in [5, 5.41) is 15.6. The predicted molar refractivity (Wildman–Crippen MR) is 140 cm³/mol. The first-order valence-electron chi connectivity index (χ1n) is 11.0. The van der Waals surface area contributed by atoms with E-state index in [1.54, 1.807) is 18.3 Å². The zero-order valence-electron chi connectivity index (χ0n) is 18.7. The number of aromatic nitrogens is 1. The van der Waals surface area contributed by atoms with Crippen LogP contribution in [0.5, 0.6) is 5.75 Å². The van der Waals surface area contributed by atoms with Crippen molar-refractivity contribution in [1.82, 2.24) is 9.99 Å². The van der Waals surface area contributed by atoms with Gasteiger partial charge in [-0.05, 0) is 42.5 Å². The highest BCUT2D eigenvalue weighted by molar-refractivity contribution is 6.35. The summed E-state index contributed by atoms with van der Waals surface area (Å²) >= 11 is 18.5. The first-order chi connectivity index (χ1) is 17.4. The van der Waals surface area contributed by atoms with Crippen molar-refractivity contribution in [3.63, 3.8) is 0 Å². The van der Waals surface area contributed by atoms with Gasteiger partial charge in [-0.3, -0.25) is 4.79 Å². The fourth-order valence-corrected chi connectivity index (χ4v) is 4.91. The number of phenols is 1. The highest BCUT2D eigenvalue weighted by Crippen LogP contribution is 2.39. The van der Waals surface area contributed by atoms with E-state index in [2.05, 4.69) is 10.5 Å². The van der Waals surface area contributed by atoms with E-state index in [0.29, 0.717) is 35.4 Å². The third-order valence-electron chi connectivity index (χ3n) is 5.90. The van der Waals surface area contributed by atoms with Crippen LogP contribution in [-0.4, -0.2) is 35.0 Å². The summed E-state index contributed by atoms with van der Waals surface area (Å²) in [6, 6.07) is 17.2. The van der Waals surface area contributed by atoms with Crippen molar-refractivity contribution in [3.05, 3.63) is 98.6 Å². The predicted octanol–water partition coefficient (Wildman–Crippen LogP) is 5.97. The number of ether oxygens (including phenoxy) is 2. The van der Waals surface area contributed by atoms with Crippen molar-refractivity contribution >= 4 is 57.8 Å². The summed E-state index contributed by atoms with van der Waals surface area (Å²) in [6.07, 6.45) is 3.51. The number of amides is 1. The third-order valence-corrected chi connectivity index (χ3v) is 6.75. The quantitative estimate of drug-likeness (QED) is 0.231. The van der Waals surface area contributed by atoms with E-state index < -0.39 is 11.7 Å². The van der Waals surface area contributed by atoms with Crippen LogP contribution in [0.15, 0.2) is 72.0 Å². The lowest BCUT2D eigenvalue weighted by molar-refractivity contribution is -0.175. The normalized spacial score (nSPS) is 15.1. The SMILES string of the molecule is O=C(NN=Cc1cccc2c1ccn2CC1(c2ccc(Cl)cc2Cl)OCCO1)c1ccc(O)c(Cl)c1. The molecule has 1 amide bonds. The minimum absolute atomic E-state index is 0.0885. The Morgan fingerprint density at radius 2 is 1.86 bits per heavy atom. The molecule has 10 heteroatoms. The van der Waals surface area contributed by atoms with Gasteiger partial charge in [0, 0.05) is 38.8 Å². The van der Waals surface area contributed by atoms with Gasteiger partial charge >= 0.3 is 0 Å². The van der Waals surface area contributed by atoms with Gasteiger partial charge in [-0.15, -0.1) is 0 Å². The van der Waals surface area contributed by atoms with Crippen LogP contribution in [0.1, 0.15) is 21.5 Å². The summed E-state index contributed by atoms with van der Waals surface area (Å²) in [7, 11) is 0. The summed E-state index contributed by atoms with van der Waals surface area (Å²) in [6.45, 7) is 1.26. The van der Waals surface area contributed by atoms with E-state index >= 15 is 0 Å². The Morgan fingerprint density at radius 1 is 1.06 bits per heavy atom. The summed E-state index contributed by atoms with van der Waals surface area (Å²) in [5.41, 5.74) is 5.21. The average Bonchev–Trinajstić information content (AvgIpc) is 3.49. The van der Waals surface area contributed by atoms with Crippen LogP contribution in [0.2, 0.25) is 15.1 Å². The topological polar surface area (TPSA) is 85.1 Å². The lowest BCUT2D eigenvalue weighted by Gasteiger charge is -2.29. The number of benzene rings is 3. The standard InChI is InChI=1S/C26H20Cl3N3O4/c27-18-5-6-20(21(28)13-18)26(35-10-11-36-26)15-32-9-8-19-17(2-1-3-23(19)32)14-30-31-25(34)16-4-7-24(33)22(29)12-16/h1-9,12-14,33H,10-11,15H2,(H,31,34). The first kappa shape index (κ1) is 24.6. The van der Waals surface area contributed by atoms with Gasteiger partial charge in [0.05, 0.1) is 36.0 Å². The Balaban J connectivity index is 1.39. The summed E-state index contributed by atoms with van der Waals surface area (Å²) in [4.78, 5) is 12.4. The monoisotopic (exact) mass is 543 g/mol. The fourth-order valence-electron chi connectivity index (χ4n) is 4.18. The van der Waals surface area contributed by atoms with Crippen LogP contribution in [0.3, 0.4) is 0 Å². The molecule has 184 valence electrons. The molecule has 5 rings (SSSR count). The second-order valence-electron chi connectivity index (χ2n) is 8.16. The van der Waals surface area contributed by atoms with Gasteiger partial charge in [0.15, 0.2) is 0 Å². The second kappa shape index (κ2) is 10.1. The van der Waals surface area contributed by atoms with Crippen LogP contribution in [0, 0.1) is 0 Å². The van der Waals surface area contributed by atoms with Crippen LogP contribution in [0.25, 0.3) is 10.9 Å². The molecule has 1 fully saturated rings. The van der Waals surface area contributed by atoms with E-state index in [1.807, 2.05) is 41.1 Å². The number of phenolic OH excluding ortho intramolecular Hbond substituents is 1. The molecule has 0 aliphatic carbocycles. The molecule has 0 unspecified atom stereocenters. The molecule has 4 aromatic rings. The molecule has 1 aliphatic rings. The summed E-state index contributed by atoms with van der Waals surface area (Å²) in [5.74, 6) is -1.59. The molecular weight excluding hydrogens is 525 g/mol. The van der Waals surface area contributed by atoms with E-state index in [9.17, 15) is 9.90 Å². The number of fused-ring (bicyclic) bond motifs is 1. The van der Waals surface area contributed by atoms with Crippen molar-refractivity contribution in [3.8, 4) is 5.75 Å². The molecule has 7 nitrogen and oxygen atoms in total. The van der Waals surface area contributed by atoms with Crippen molar-refractivity contribution < 1.29 is 19.4 Å². The number of hydrogen-bond donors (Lipinski definition) is 2. The smallest absolute Gasteiger partial charge is 0.271 e. The van der Waals surface area contributed by atoms with E-state index in [-0.39, 0.29) is 16.3 Å². The Bertz CT molecular complexity index is 1480. The number of hydrazone groups is 1. The molecule has 0 saturated carbocycles. The zero-order valence-corrected chi connectivity index (χ0v) is 21.0. The van der Waals surface area contributed by atoms with Gasteiger partial charge in [-0.2, -0.15) is 5.10 Å². The average molecular weight is 545 g/mol. The van der Waals surface area contributed by atoms with Crippen LogP contribution in [-0.2, 0) is 21.8 Å². The third kappa shape index (κ3) is 4.81. The largest absolute Gasteiger partial charge is 0.506 e. The number of halogens is 3. The highest BCUT2D eigenvalue weighted by Gasteiger charge is 2.41. The number of rotatable bonds is 6. The number of carbonyl (C=O) groups excluding carboxylic acids is 1. The van der Waals surface area contributed by atoms with Gasteiger partial charge in [0.25, 0.3) is 5.91 Å². The number of nitrogens with one attached hydrogen (secondary N) is 1. The van der Waals surface area contributed by atoms with Gasteiger partial charge in [-0.25, -0.2) is 5.43 Å². The van der Waals surface area contributed by atoms with Crippen molar-refractivity contribution in [2.75, 3.05) is 13.2 Å². The van der Waals surface area contributed by atoms with Crippen molar-refractivity contribution in [1.29, 1.82) is 0 Å². The number of hydrogen-bond acceptors (Lipinski definition) is 5. The Morgan fingerprint density at radius 3 is 2.61 bits per heavy atom. The molecule has 2 heterocycles. The van der Waals surface area contributed by atoms with E-state index in [4.69, 9.17) is 44.3 Å². The molecular formula is C26H20Cl3N3O4. The molecule has 0 bridgehead atoms. The number of aromatic hydroxyl groups is 1.